The van der Waals surface area contributed by atoms with Crippen LogP contribution in [0.3, 0.4) is 0 Å². The summed E-state index contributed by atoms with van der Waals surface area (Å²) in [6, 6.07) is 30.4. The van der Waals surface area contributed by atoms with Crippen LogP contribution in [0.4, 0.5) is 0 Å². The maximum Gasteiger partial charge on any atom is 0.163 e. The molecule has 54 heavy (non-hydrogen) atoms. The molecule has 4 aromatic carbocycles. The number of rotatable bonds is 15. The van der Waals surface area contributed by atoms with Crippen molar-refractivity contribution in [2.24, 2.45) is 10.8 Å². The minimum Gasteiger partial charge on any atom is -0.496 e. The van der Waals surface area contributed by atoms with E-state index in [1.807, 2.05) is 78.9 Å². The fourth-order valence-corrected chi connectivity index (χ4v) is 5.90. The molecule has 278 valence electrons. The summed E-state index contributed by atoms with van der Waals surface area (Å²) in [5, 5.41) is 24.1. The predicted molar refractivity (Wildman–Crippen MR) is 209 cm³/mol. The van der Waals surface area contributed by atoms with Crippen molar-refractivity contribution in [1.82, 2.24) is 20.4 Å². The number of ether oxygens (including phenoxy) is 2. The first-order valence-corrected chi connectivity index (χ1v) is 17.1. The number of aliphatic hydroxyl groups is 1. The number of carbonyl (C=O) groups is 2. The van der Waals surface area contributed by atoms with Crippen LogP contribution < -0.4 is 15.2 Å². The minimum atomic E-state index is -0.172. The molecule has 0 radical (unpaired) electrons. The number of hydrogen-bond acceptors (Lipinski definition) is 9. The van der Waals surface area contributed by atoms with Crippen LogP contribution in [0.25, 0.3) is 32.7 Å². The number of hydrogen-bond donors (Lipinski definition) is 4. The van der Waals surface area contributed by atoms with E-state index < -0.39 is 0 Å². The van der Waals surface area contributed by atoms with Crippen LogP contribution in [-0.4, -0.2) is 71.5 Å². The van der Waals surface area contributed by atoms with Gasteiger partial charge in [0.25, 0.3) is 0 Å². The number of aliphatic hydroxyl groups excluding tert-OH is 1. The summed E-state index contributed by atoms with van der Waals surface area (Å²) in [7, 11) is 4.17. The zero-order chi connectivity index (χ0) is 38.7. The van der Waals surface area contributed by atoms with E-state index in [4.69, 9.17) is 25.8 Å². The zero-order valence-corrected chi connectivity index (χ0v) is 30.4. The molecule has 0 spiro atoms. The molecular formula is C41H44N8O5. The monoisotopic (exact) mass is 728 g/mol. The van der Waals surface area contributed by atoms with Crippen molar-refractivity contribution in [2.75, 3.05) is 34.4 Å². The molecule has 0 bridgehead atoms. The lowest BCUT2D eigenvalue weighted by molar-refractivity contribution is 0.0966. The van der Waals surface area contributed by atoms with E-state index in [0.29, 0.717) is 35.6 Å². The summed E-state index contributed by atoms with van der Waals surface area (Å²) in [6.45, 7) is 0.663. The molecule has 13 heteroatoms. The molecule has 0 fully saturated rings. The number of azide groups is 1. The lowest BCUT2D eigenvalue weighted by atomic mass is 9.91. The fourth-order valence-electron chi connectivity index (χ4n) is 5.90. The molecule has 0 saturated heterocycles. The van der Waals surface area contributed by atoms with Crippen LogP contribution in [0.2, 0.25) is 0 Å². The Balaban J connectivity index is 0.000000231. The second-order valence-corrected chi connectivity index (χ2v) is 11.9. The highest BCUT2D eigenvalue weighted by Crippen LogP contribution is 2.33. The molecule has 13 nitrogen and oxygen atoms in total. The molecule has 2 aromatic heterocycles. The number of H-pyrrole nitrogens is 2. The smallest absolute Gasteiger partial charge is 0.163 e. The maximum absolute atomic E-state index is 12.8. The molecule has 2 heterocycles. The van der Waals surface area contributed by atoms with Crippen LogP contribution >= 0.6 is 0 Å². The van der Waals surface area contributed by atoms with Gasteiger partial charge in [-0.05, 0) is 53.4 Å². The standard InChI is InChI=1S/C20H19N5O2.C20H21N3O2.CH4O/c1-27-20-10-15(7-8-18(20)17-12-22-23-13-17)19(26)9-16(11-24-25-21)14-5-3-2-4-6-14;1-25-20-10-15(7-8-18(20)17-12-22-23-13-17)19(24)9-16(11-21)14-5-3-2-4-6-14;1-2/h2-8,10,12-13,16H,9,11H2,1H3,(H,22,23);2-8,10,12-13,16H,9,11,21H2,1H3,(H,22,23);2H,1H3/t2*16-;/m11./s1. The summed E-state index contributed by atoms with van der Waals surface area (Å²) in [4.78, 5) is 28.4. The Labute approximate surface area is 313 Å². The zero-order valence-electron chi connectivity index (χ0n) is 30.4. The molecule has 0 saturated carbocycles. The first-order chi connectivity index (χ1) is 26.4. The maximum atomic E-state index is 12.8. The Hall–Kier alpha value is -6.53. The average Bonchev–Trinajstić information content (AvgIpc) is 3.99. The van der Waals surface area contributed by atoms with Crippen LogP contribution in [0, 0.1) is 0 Å². The highest BCUT2D eigenvalue weighted by atomic mass is 16.5. The number of benzene rings is 4. The molecule has 0 aliphatic carbocycles. The van der Waals surface area contributed by atoms with Gasteiger partial charge in [0.05, 0.1) is 26.6 Å². The SMILES string of the molecule is CO.COc1cc(C(=O)C[C@H](CN)c2ccccc2)ccc1-c1cn[nH]c1.COc1cc(C(=O)C[C@H](CN=[N+]=[N-])c2ccccc2)ccc1-c1cn[nH]c1. The first-order valence-electron chi connectivity index (χ1n) is 17.1. The van der Waals surface area contributed by atoms with Crippen molar-refractivity contribution < 1.29 is 24.2 Å². The topological polar surface area (TPSA) is 205 Å². The molecule has 0 aliphatic heterocycles. The van der Waals surface area contributed by atoms with Crippen LogP contribution in [0.15, 0.2) is 127 Å². The second-order valence-electron chi connectivity index (χ2n) is 11.9. The van der Waals surface area contributed by atoms with Gasteiger partial charge in [-0.1, -0.05) is 77.9 Å². The largest absolute Gasteiger partial charge is 0.496 e. The number of aromatic nitrogens is 4. The van der Waals surface area contributed by atoms with Gasteiger partial charge in [-0.15, -0.1) is 0 Å². The van der Waals surface area contributed by atoms with Gasteiger partial charge in [-0.3, -0.25) is 19.8 Å². The number of nitrogens with zero attached hydrogens (tertiary/aromatic N) is 5. The average molecular weight is 729 g/mol. The van der Waals surface area contributed by atoms with E-state index in [1.54, 1.807) is 57.2 Å². The lowest BCUT2D eigenvalue weighted by Crippen LogP contribution is -2.16. The normalized spacial score (nSPS) is 11.4. The summed E-state index contributed by atoms with van der Waals surface area (Å²) in [5.41, 5.74) is 21.3. The molecule has 2 atom stereocenters. The van der Waals surface area contributed by atoms with E-state index >= 15 is 0 Å². The van der Waals surface area contributed by atoms with Gasteiger partial charge in [-0.25, -0.2) is 0 Å². The lowest BCUT2D eigenvalue weighted by Gasteiger charge is -2.15. The number of Topliss-reactive ketones (excluding diaryl/α,β-unsaturated/α-hetero) is 2. The van der Waals surface area contributed by atoms with E-state index in [2.05, 4.69) is 30.4 Å². The van der Waals surface area contributed by atoms with Crippen LogP contribution in [0.1, 0.15) is 56.5 Å². The van der Waals surface area contributed by atoms with E-state index in [0.717, 1.165) is 40.5 Å². The van der Waals surface area contributed by atoms with Crippen molar-refractivity contribution in [3.63, 3.8) is 0 Å². The second kappa shape index (κ2) is 21.1. The molecular weight excluding hydrogens is 685 g/mol. The van der Waals surface area contributed by atoms with Crippen molar-refractivity contribution in [3.8, 4) is 33.8 Å². The Morgan fingerprint density at radius 2 is 1.19 bits per heavy atom. The highest BCUT2D eigenvalue weighted by Gasteiger charge is 2.20. The number of nitrogens with two attached hydrogens (primary N) is 1. The Bertz CT molecular complexity index is 2080. The number of methoxy groups -OCH3 is 2. The Morgan fingerprint density at radius 1 is 0.741 bits per heavy atom. The summed E-state index contributed by atoms with van der Waals surface area (Å²) in [5.74, 6) is 1.11. The quantitative estimate of drug-likeness (QED) is 0.0355. The molecule has 0 amide bonds. The van der Waals surface area contributed by atoms with Crippen LogP contribution in [-0.2, 0) is 0 Å². The molecule has 5 N–H and O–H groups in total. The van der Waals surface area contributed by atoms with Crippen molar-refractivity contribution >= 4 is 11.6 Å². The molecule has 6 rings (SSSR count). The highest BCUT2D eigenvalue weighted by molar-refractivity contribution is 5.98. The predicted octanol–water partition coefficient (Wildman–Crippen LogP) is 7.76. The number of ketones is 2. The third kappa shape index (κ3) is 10.7. The Morgan fingerprint density at radius 3 is 1.57 bits per heavy atom. The minimum absolute atomic E-state index is 0.00763. The van der Waals surface area contributed by atoms with Gasteiger partial charge >= 0.3 is 0 Å². The van der Waals surface area contributed by atoms with Crippen molar-refractivity contribution in [1.29, 1.82) is 0 Å². The first kappa shape index (κ1) is 40.2. The number of aromatic amines is 2. The van der Waals surface area contributed by atoms with E-state index in [-0.39, 0.29) is 36.4 Å². The van der Waals surface area contributed by atoms with E-state index in [9.17, 15) is 9.59 Å². The molecule has 0 unspecified atom stereocenters. The van der Waals surface area contributed by atoms with Gasteiger partial charge in [0.1, 0.15) is 11.5 Å². The third-order valence-corrected chi connectivity index (χ3v) is 8.72. The summed E-state index contributed by atoms with van der Waals surface area (Å²) < 4.78 is 10.9. The Kier molecular flexibility index (Phi) is 15.7. The van der Waals surface area contributed by atoms with Gasteiger partial charge in [0, 0.05) is 83.1 Å². The third-order valence-electron chi connectivity index (χ3n) is 8.72. The van der Waals surface area contributed by atoms with Crippen LogP contribution in [0.5, 0.6) is 11.5 Å². The van der Waals surface area contributed by atoms with Crippen molar-refractivity contribution in [2.45, 2.75) is 24.7 Å². The molecule has 6 aromatic rings. The molecule has 0 aliphatic rings. The fraction of sp³-hybridized carbons (Fsp3) is 0.220. The van der Waals surface area contributed by atoms with Crippen molar-refractivity contribution in [3.05, 3.63) is 155 Å². The summed E-state index contributed by atoms with van der Waals surface area (Å²) >= 11 is 0. The van der Waals surface area contributed by atoms with Gasteiger partial charge < -0.3 is 20.3 Å². The van der Waals surface area contributed by atoms with E-state index in [1.165, 1.54) is 0 Å². The number of carbonyl (C=O) groups excluding carboxylic acids is 2. The summed E-state index contributed by atoms with van der Waals surface area (Å²) in [6.07, 6.45) is 7.60. The number of nitrogens with one attached hydrogen (secondary N) is 2. The van der Waals surface area contributed by atoms with Gasteiger partial charge in [0.15, 0.2) is 11.6 Å². The van der Waals surface area contributed by atoms with Gasteiger partial charge in [-0.2, -0.15) is 10.2 Å². The van der Waals surface area contributed by atoms with Gasteiger partial charge in [0.2, 0.25) is 0 Å².